The van der Waals surface area contributed by atoms with Gasteiger partial charge in [-0.05, 0) is 0 Å². The molecular formula is C7H6Br2N2. The van der Waals surface area contributed by atoms with Crippen LogP contribution in [-0.4, -0.2) is 10.7 Å². The molecule has 0 fully saturated rings. The zero-order valence-electron chi connectivity index (χ0n) is 5.72. The number of rotatable bonds is 3. The van der Waals surface area contributed by atoms with Gasteiger partial charge in [0.25, 0.3) is 0 Å². The fourth-order valence-corrected chi connectivity index (χ4v) is 1.97. The smallest absolute Gasteiger partial charge is 0.0956 e. The Balaban J connectivity index is 4.48. The topological polar surface area (TPSA) is 47.6 Å². The lowest BCUT2D eigenvalue weighted by Gasteiger charge is -2.14. The van der Waals surface area contributed by atoms with Gasteiger partial charge in [0.2, 0.25) is 0 Å². The molecular weight excluding hydrogens is 272 g/mol. The molecule has 0 aliphatic heterocycles. The first-order chi connectivity index (χ1) is 5.24. The average Bonchev–Trinajstić information content (AvgIpc) is 2.08. The summed E-state index contributed by atoms with van der Waals surface area (Å²) in [5.74, 6) is 0. The predicted molar refractivity (Wildman–Crippen MR) is 50.4 cm³/mol. The lowest BCUT2D eigenvalue weighted by molar-refractivity contribution is 0.682. The van der Waals surface area contributed by atoms with Crippen LogP contribution in [0.1, 0.15) is 0 Å². The van der Waals surface area contributed by atoms with Crippen LogP contribution in [0.25, 0.3) is 0 Å². The second-order valence-corrected chi connectivity index (χ2v) is 3.12. The van der Waals surface area contributed by atoms with Crippen molar-refractivity contribution in [3.8, 4) is 12.1 Å². The summed E-state index contributed by atoms with van der Waals surface area (Å²) < 4.78 is 0. The summed E-state index contributed by atoms with van der Waals surface area (Å²) >= 11 is 6.42. The summed E-state index contributed by atoms with van der Waals surface area (Å²) in [6, 6.07) is 3.97. The van der Waals surface area contributed by atoms with Gasteiger partial charge >= 0.3 is 0 Å². The first-order valence-corrected chi connectivity index (χ1v) is 5.09. The van der Waals surface area contributed by atoms with Crippen molar-refractivity contribution in [2.45, 2.75) is 0 Å². The Labute approximate surface area is 82.8 Å². The van der Waals surface area contributed by atoms with E-state index in [0.29, 0.717) is 10.7 Å². The first kappa shape index (κ1) is 10.7. The fraction of sp³-hybridized carbons (Fsp3) is 0.429. The molecule has 11 heavy (non-hydrogen) atoms. The molecule has 0 aromatic heterocycles. The number of nitriles is 2. The van der Waals surface area contributed by atoms with Gasteiger partial charge in [-0.2, -0.15) is 10.5 Å². The van der Waals surface area contributed by atoms with Crippen LogP contribution in [0.5, 0.6) is 0 Å². The minimum absolute atomic E-state index is 0.528. The van der Waals surface area contributed by atoms with E-state index in [0.717, 1.165) is 0 Å². The zero-order chi connectivity index (χ0) is 8.74. The molecule has 0 saturated carbocycles. The number of hydrogen-bond donors (Lipinski definition) is 0. The number of nitrogens with zero attached hydrogens (tertiary/aromatic N) is 2. The second kappa shape index (κ2) is 5.35. The molecule has 58 valence electrons. The minimum atomic E-state index is -0.588. The maximum Gasteiger partial charge on any atom is 0.0956 e. The van der Waals surface area contributed by atoms with E-state index in [1.165, 1.54) is 6.08 Å². The Hall–Kier alpha value is -0.320. The molecule has 0 saturated heterocycles. The standard InChI is InChI=1S/C7H6Br2N2/c8-4-7(5-9,6-11)2-1-3-10/h1-2H,4-5H2. The van der Waals surface area contributed by atoms with Gasteiger partial charge < -0.3 is 0 Å². The Morgan fingerprint density at radius 1 is 1.27 bits per heavy atom. The van der Waals surface area contributed by atoms with Crippen LogP contribution in [0, 0.1) is 28.1 Å². The summed E-state index contributed by atoms with van der Waals surface area (Å²) in [4.78, 5) is 0. The van der Waals surface area contributed by atoms with E-state index in [-0.39, 0.29) is 0 Å². The van der Waals surface area contributed by atoms with E-state index in [9.17, 15) is 0 Å². The van der Waals surface area contributed by atoms with E-state index in [2.05, 4.69) is 37.9 Å². The van der Waals surface area contributed by atoms with Gasteiger partial charge in [0, 0.05) is 16.7 Å². The van der Waals surface area contributed by atoms with Gasteiger partial charge in [0.05, 0.1) is 17.6 Å². The highest BCUT2D eigenvalue weighted by molar-refractivity contribution is 9.09. The van der Waals surface area contributed by atoms with Gasteiger partial charge in [-0.1, -0.05) is 37.9 Å². The van der Waals surface area contributed by atoms with E-state index >= 15 is 0 Å². The summed E-state index contributed by atoms with van der Waals surface area (Å²) in [5.41, 5.74) is -0.588. The maximum atomic E-state index is 8.73. The molecule has 0 radical (unpaired) electrons. The van der Waals surface area contributed by atoms with Gasteiger partial charge in [0.1, 0.15) is 0 Å². The fourth-order valence-electron chi connectivity index (χ4n) is 0.419. The van der Waals surface area contributed by atoms with E-state index < -0.39 is 5.41 Å². The van der Waals surface area contributed by atoms with Crippen LogP contribution >= 0.6 is 31.9 Å². The lowest BCUT2D eigenvalue weighted by atomic mass is 9.95. The monoisotopic (exact) mass is 276 g/mol. The molecule has 0 aromatic rings. The molecule has 0 aliphatic rings. The van der Waals surface area contributed by atoms with Crippen molar-refractivity contribution < 1.29 is 0 Å². The Morgan fingerprint density at radius 3 is 2.09 bits per heavy atom. The van der Waals surface area contributed by atoms with Crippen molar-refractivity contribution >= 4 is 31.9 Å². The molecule has 2 nitrogen and oxygen atoms in total. The lowest BCUT2D eigenvalue weighted by Crippen LogP contribution is -2.18. The number of halogens is 2. The van der Waals surface area contributed by atoms with Crippen molar-refractivity contribution in [1.82, 2.24) is 0 Å². The highest BCUT2D eigenvalue weighted by Crippen LogP contribution is 2.23. The molecule has 0 amide bonds. The van der Waals surface area contributed by atoms with Gasteiger partial charge in [-0.25, -0.2) is 0 Å². The van der Waals surface area contributed by atoms with Gasteiger partial charge in [-0.3, -0.25) is 0 Å². The zero-order valence-corrected chi connectivity index (χ0v) is 8.89. The molecule has 0 spiro atoms. The Bertz CT molecular complexity index is 218. The molecule has 0 N–H and O–H groups in total. The van der Waals surface area contributed by atoms with Crippen LogP contribution in [-0.2, 0) is 0 Å². The molecule has 0 atom stereocenters. The van der Waals surface area contributed by atoms with Crippen molar-refractivity contribution in [2.75, 3.05) is 10.7 Å². The van der Waals surface area contributed by atoms with E-state index in [4.69, 9.17) is 10.5 Å². The van der Waals surface area contributed by atoms with Crippen LogP contribution in [0.15, 0.2) is 12.2 Å². The average molecular weight is 278 g/mol. The molecule has 0 aromatic carbocycles. The minimum Gasteiger partial charge on any atom is -0.197 e. The predicted octanol–water partition coefficient (Wildman–Crippen LogP) is 2.37. The molecule has 0 heterocycles. The van der Waals surface area contributed by atoms with E-state index in [1.807, 2.05) is 6.07 Å². The normalized spacial score (nSPS) is 10.9. The highest BCUT2D eigenvalue weighted by Gasteiger charge is 2.23. The van der Waals surface area contributed by atoms with Gasteiger partial charge in [-0.15, -0.1) is 0 Å². The van der Waals surface area contributed by atoms with Crippen molar-refractivity contribution in [2.24, 2.45) is 5.41 Å². The maximum absolute atomic E-state index is 8.73. The largest absolute Gasteiger partial charge is 0.197 e. The summed E-state index contributed by atoms with van der Waals surface area (Å²) in [6.07, 6.45) is 2.92. The molecule has 0 unspecified atom stereocenters. The molecule has 0 bridgehead atoms. The highest BCUT2D eigenvalue weighted by atomic mass is 79.9. The number of hydrogen-bond acceptors (Lipinski definition) is 2. The third-order valence-electron chi connectivity index (χ3n) is 1.18. The summed E-state index contributed by atoms with van der Waals surface area (Å²) in [5, 5.41) is 18.0. The second-order valence-electron chi connectivity index (χ2n) is 2.00. The summed E-state index contributed by atoms with van der Waals surface area (Å²) in [6.45, 7) is 0. The Kier molecular flexibility index (Phi) is 5.19. The Morgan fingerprint density at radius 2 is 1.82 bits per heavy atom. The number of alkyl halides is 2. The van der Waals surface area contributed by atoms with E-state index in [1.54, 1.807) is 6.08 Å². The van der Waals surface area contributed by atoms with Crippen molar-refractivity contribution in [1.29, 1.82) is 10.5 Å². The van der Waals surface area contributed by atoms with Crippen molar-refractivity contribution in [3.63, 3.8) is 0 Å². The van der Waals surface area contributed by atoms with Crippen LogP contribution in [0.3, 0.4) is 0 Å². The van der Waals surface area contributed by atoms with Crippen molar-refractivity contribution in [3.05, 3.63) is 12.2 Å². The third-order valence-corrected chi connectivity index (χ3v) is 3.18. The number of allylic oxidation sites excluding steroid dienone is 2. The molecule has 0 aliphatic carbocycles. The first-order valence-electron chi connectivity index (χ1n) is 2.85. The van der Waals surface area contributed by atoms with Crippen LogP contribution in [0.2, 0.25) is 0 Å². The van der Waals surface area contributed by atoms with Gasteiger partial charge in [0.15, 0.2) is 0 Å². The van der Waals surface area contributed by atoms with Crippen LogP contribution < -0.4 is 0 Å². The SMILES string of the molecule is N#CC=CC(C#N)(CBr)CBr. The third kappa shape index (κ3) is 3.05. The van der Waals surface area contributed by atoms with Crippen LogP contribution in [0.4, 0.5) is 0 Å². The summed E-state index contributed by atoms with van der Waals surface area (Å²) in [7, 11) is 0. The quantitative estimate of drug-likeness (QED) is 0.587. The molecule has 4 heteroatoms. The molecule has 0 rings (SSSR count).